The second kappa shape index (κ2) is 7.27. The molecular formula is C23H21FN6O. The summed E-state index contributed by atoms with van der Waals surface area (Å²) in [4.78, 5) is 23.0. The molecule has 0 saturated heterocycles. The SMILES string of the molecule is CN1Cc2ncc(-c3nc(C#N)ccc3-c3cnn(CC4(F)CCCC4)c3)cc2C1=O. The number of carbonyl (C=O) groups is 1. The lowest BCUT2D eigenvalue weighted by Gasteiger charge is -2.18. The molecule has 0 spiro atoms. The summed E-state index contributed by atoms with van der Waals surface area (Å²) in [6, 6.07) is 7.30. The van der Waals surface area contributed by atoms with Gasteiger partial charge in [0.1, 0.15) is 17.4 Å². The zero-order valence-electron chi connectivity index (χ0n) is 17.2. The van der Waals surface area contributed by atoms with Crippen LogP contribution < -0.4 is 0 Å². The average Bonchev–Trinajstić information content (AvgIpc) is 3.48. The third-order valence-electron chi connectivity index (χ3n) is 6.11. The van der Waals surface area contributed by atoms with Crippen molar-refractivity contribution in [2.24, 2.45) is 0 Å². The summed E-state index contributed by atoms with van der Waals surface area (Å²) in [5.41, 5.74) is 3.07. The van der Waals surface area contributed by atoms with Gasteiger partial charge in [0.05, 0.1) is 36.2 Å². The van der Waals surface area contributed by atoms with Gasteiger partial charge in [0.25, 0.3) is 5.91 Å². The summed E-state index contributed by atoms with van der Waals surface area (Å²) in [6.45, 7) is 0.706. The molecule has 3 aromatic heterocycles. The molecule has 8 heteroatoms. The van der Waals surface area contributed by atoms with Crippen LogP contribution in [0.25, 0.3) is 22.4 Å². The zero-order chi connectivity index (χ0) is 21.6. The number of aromatic nitrogens is 4. The summed E-state index contributed by atoms with van der Waals surface area (Å²) in [6.07, 6.45) is 8.12. The summed E-state index contributed by atoms with van der Waals surface area (Å²) < 4.78 is 16.5. The van der Waals surface area contributed by atoms with Crippen molar-refractivity contribution in [2.75, 3.05) is 7.05 Å². The molecule has 7 nitrogen and oxygen atoms in total. The van der Waals surface area contributed by atoms with Crippen LogP contribution in [0.3, 0.4) is 0 Å². The van der Waals surface area contributed by atoms with Crippen LogP contribution in [0.2, 0.25) is 0 Å². The lowest BCUT2D eigenvalue weighted by atomic mass is 10.0. The highest BCUT2D eigenvalue weighted by atomic mass is 19.1. The van der Waals surface area contributed by atoms with Gasteiger partial charge in [-0.3, -0.25) is 14.5 Å². The van der Waals surface area contributed by atoms with Crippen LogP contribution in [0.1, 0.15) is 47.4 Å². The molecule has 5 rings (SSSR count). The van der Waals surface area contributed by atoms with Crippen molar-refractivity contribution in [1.82, 2.24) is 24.6 Å². The van der Waals surface area contributed by atoms with E-state index in [4.69, 9.17) is 0 Å². The van der Waals surface area contributed by atoms with Gasteiger partial charge in [0, 0.05) is 36.1 Å². The molecule has 156 valence electrons. The van der Waals surface area contributed by atoms with E-state index in [9.17, 15) is 14.4 Å². The lowest BCUT2D eigenvalue weighted by Crippen LogP contribution is -2.25. The van der Waals surface area contributed by atoms with Crippen molar-refractivity contribution in [1.29, 1.82) is 5.26 Å². The summed E-state index contributed by atoms with van der Waals surface area (Å²) >= 11 is 0. The Hall–Kier alpha value is -3.60. The Kier molecular flexibility index (Phi) is 4.54. The van der Waals surface area contributed by atoms with Crippen molar-refractivity contribution >= 4 is 5.91 Å². The van der Waals surface area contributed by atoms with E-state index in [0.717, 1.165) is 29.7 Å². The maximum atomic E-state index is 14.9. The van der Waals surface area contributed by atoms with Gasteiger partial charge in [0.15, 0.2) is 0 Å². The molecule has 1 amide bonds. The Bertz CT molecular complexity index is 1220. The predicted molar refractivity (Wildman–Crippen MR) is 112 cm³/mol. The molecule has 1 fully saturated rings. The van der Waals surface area contributed by atoms with Crippen LogP contribution in [0, 0.1) is 11.3 Å². The third kappa shape index (κ3) is 3.46. The molecule has 0 aromatic carbocycles. The molecule has 1 saturated carbocycles. The normalized spacial score (nSPS) is 17.1. The van der Waals surface area contributed by atoms with E-state index in [-0.39, 0.29) is 18.1 Å². The molecule has 31 heavy (non-hydrogen) atoms. The van der Waals surface area contributed by atoms with Crippen LogP contribution >= 0.6 is 0 Å². The second-order valence-corrected chi connectivity index (χ2v) is 8.37. The number of amides is 1. The maximum Gasteiger partial charge on any atom is 0.255 e. The van der Waals surface area contributed by atoms with Gasteiger partial charge in [0.2, 0.25) is 0 Å². The van der Waals surface area contributed by atoms with Gasteiger partial charge < -0.3 is 4.90 Å². The quantitative estimate of drug-likeness (QED) is 0.646. The molecule has 3 aromatic rings. The van der Waals surface area contributed by atoms with E-state index in [1.165, 1.54) is 0 Å². The van der Waals surface area contributed by atoms with E-state index in [1.807, 2.05) is 12.3 Å². The van der Waals surface area contributed by atoms with Crippen LogP contribution in [0.15, 0.2) is 36.8 Å². The highest BCUT2D eigenvalue weighted by molar-refractivity contribution is 5.99. The van der Waals surface area contributed by atoms with E-state index in [0.29, 0.717) is 36.2 Å². The first-order chi connectivity index (χ1) is 15.0. The van der Waals surface area contributed by atoms with Crippen molar-refractivity contribution in [2.45, 2.75) is 44.4 Å². The molecule has 4 heterocycles. The molecular weight excluding hydrogens is 395 g/mol. The first-order valence-electron chi connectivity index (χ1n) is 10.3. The monoisotopic (exact) mass is 416 g/mol. The molecule has 0 unspecified atom stereocenters. The van der Waals surface area contributed by atoms with Gasteiger partial charge in [-0.1, -0.05) is 12.8 Å². The smallest absolute Gasteiger partial charge is 0.255 e. The molecule has 0 radical (unpaired) electrons. The number of pyridine rings is 2. The highest BCUT2D eigenvalue weighted by Gasteiger charge is 2.34. The maximum absolute atomic E-state index is 14.9. The fraction of sp³-hybridized carbons (Fsp3) is 0.348. The Balaban J connectivity index is 1.55. The van der Waals surface area contributed by atoms with Crippen molar-refractivity contribution in [3.8, 4) is 28.5 Å². The topological polar surface area (TPSA) is 87.7 Å². The summed E-state index contributed by atoms with van der Waals surface area (Å²) in [7, 11) is 1.74. The minimum absolute atomic E-state index is 0.0834. The van der Waals surface area contributed by atoms with Gasteiger partial charge in [-0.25, -0.2) is 9.37 Å². The number of hydrogen-bond acceptors (Lipinski definition) is 5. The van der Waals surface area contributed by atoms with E-state index in [2.05, 4.69) is 21.1 Å². The first kappa shape index (κ1) is 19.4. The van der Waals surface area contributed by atoms with Gasteiger partial charge >= 0.3 is 0 Å². The fourth-order valence-corrected chi connectivity index (χ4v) is 4.46. The predicted octanol–water partition coefficient (Wildman–Crippen LogP) is 3.75. The van der Waals surface area contributed by atoms with Crippen molar-refractivity contribution < 1.29 is 9.18 Å². The first-order valence-corrected chi connectivity index (χ1v) is 10.3. The van der Waals surface area contributed by atoms with Crippen molar-refractivity contribution in [3.05, 3.63) is 53.7 Å². The zero-order valence-corrected chi connectivity index (χ0v) is 17.2. The van der Waals surface area contributed by atoms with E-state index >= 15 is 0 Å². The fourth-order valence-electron chi connectivity index (χ4n) is 4.46. The molecule has 1 aliphatic heterocycles. The Morgan fingerprint density at radius 2 is 2.00 bits per heavy atom. The summed E-state index contributed by atoms with van der Waals surface area (Å²) in [5.74, 6) is -0.0834. The van der Waals surface area contributed by atoms with Crippen LogP contribution in [0.4, 0.5) is 4.39 Å². The molecule has 0 atom stereocenters. The molecule has 0 bridgehead atoms. The minimum atomic E-state index is -1.20. The van der Waals surface area contributed by atoms with E-state index in [1.54, 1.807) is 41.2 Å². The number of rotatable bonds is 4. The van der Waals surface area contributed by atoms with Gasteiger partial charge in [-0.15, -0.1) is 0 Å². The highest BCUT2D eigenvalue weighted by Crippen LogP contribution is 2.36. The second-order valence-electron chi connectivity index (χ2n) is 8.37. The Labute approximate surface area is 179 Å². The van der Waals surface area contributed by atoms with Crippen LogP contribution in [0.5, 0.6) is 0 Å². The number of fused-ring (bicyclic) bond motifs is 1. The number of carbonyl (C=O) groups excluding carboxylic acids is 1. The number of nitrogens with zero attached hydrogens (tertiary/aromatic N) is 6. The number of hydrogen-bond donors (Lipinski definition) is 0. The van der Waals surface area contributed by atoms with Gasteiger partial charge in [-0.05, 0) is 31.0 Å². The number of nitriles is 1. The largest absolute Gasteiger partial charge is 0.336 e. The van der Waals surface area contributed by atoms with Crippen LogP contribution in [-0.4, -0.2) is 43.3 Å². The molecule has 1 aliphatic carbocycles. The summed E-state index contributed by atoms with van der Waals surface area (Å²) in [5, 5.41) is 13.7. The Morgan fingerprint density at radius 3 is 2.77 bits per heavy atom. The van der Waals surface area contributed by atoms with Crippen molar-refractivity contribution in [3.63, 3.8) is 0 Å². The van der Waals surface area contributed by atoms with Crippen LogP contribution in [-0.2, 0) is 13.1 Å². The Morgan fingerprint density at radius 1 is 1.19 bits per heavy atom. The average molecular weight is 416 g/mol. The van der Waals surface area contributed by atoms with E-state index < -0.39 is 5.67 Å². The number of halogens is 1. The number of alkyl halides is 1. The third-order valence-corrected chi connectivity index (χ3v) is 6.11. The van der Waals surface area contributed by atoms with Gasteiger partial charge in [-0.2, -0.15) is 10.4 Å². The standard InChI is InChI=1S/C23H21FN6O/c1-29-13-20-19(22(29)31)8-15(10-26-20)21-18(5-4-17(9-25)28-21)16-11-27-30(12-16)14-23(24)6-2-3-7-23/h4-5,8,10-12H,2-3,6-7,13-14H2,1H3. The lowest BCUT2D eigenvalue weighted by molar-refractivity contribution is 0.0816. The minimum Gasteiger partial charge on any atom is -0.336 e. The molecule has 0 N–H and O–H groups in total. The molecule has 2 aliphatic rings.